The van der Waals surface area contributed by atoms with Crippen LogP contribution in [-0.2, 0) is 42.9 Å². The average molecular weight is 378 g/mol. The molecule has 0 aromatic rings. The fourth-order valence-corrected chi connectivity index (χ4v) is 2.49. The van der Waals surface area contributed by atoms with Crippen molar-refractivity contribution in [1.29, 1.82) is 0 Å². The average Bonchev–Trinajstić information content (AvgIpc) is 2.43. The van der Waals surface area contributed by atoms with E-state index in [9.17, 15) is 24.3 Å². The van der Waals surface area contributed by atoms with Gasteiger partial charge < -0.3 is 28.8 Å². The van der Waals surface area contributed by atoms with Gasteiger partial charge in [-0.15, -0.1) is 0 Å². The second-order valence-electron chi connectivity index (χ2n) is 5.08. The third-order valence-corrected chi connectivity index (χ3v) is 3.21. The summed E-state index contributed by atoms with van der Waals surface area (Å²) in [6.07, 6.45) is -7.54. The number of carbonyl (C=O) groups is 4. The lowest BCUT2D eigenvalue weighted by Gasteiger charge is -2.42. The zero-order valence-electron chi connectivity index (χ0n) is 13.9. The molecule has 0 radical (unpaired) electrons. The van der Waals surface area contributed by atoms with Gasteiger partial charge >= 0.3 is 23.9 Å². The summed E-state index contributed by atoms with van der Waals surface area (Å²) in [6.45, 7) is 4.28. The van der Waals surface area contributed by atoms with E-state index in [1.165, 1.54) is 0 Å². The minimum atomic E-state index is -1.78. The molecule has 10 nitrogen and oxygen atoms in total. The predicted molar refractivity (Wildman–Crippen MR) is 81.9 cm³/mol. The highest BCUT2D eigenvalue weighted by molar-refractivity contribution is 7.80. The molecule has 0 aromatic carbocycles. The molecule has 140 valence electrons. The quantitative estimate of drug-likeness (QED) is 0.381. The van der Waals surface area contributed by atoms with Crippen molar-refractivity contribution in [2.24, 2.45) is 0 Å². The van der Waals surface area contributed by atoms with Gasteiger partial charge in [-0.3, -0.25) is 19.2 Å². The van der Waals surface area contributed by atoms with Gasteiger partial charge in [0.2, 0.25) is 5.05 Å². The molecule has 0 aromatic heterocycles. The fraction of sp³-hybridized carbons (Fsp3) is 0.643. The lowest BCUT2D eigenvalue weighted by molar-refractivity contribution is -0.280. The van der Waals surface area contributed by atoms with Crippen LogP contribution < -0.4 is 0 Å². The SMILES string of the molecule is CC(=O)OC(=S)[C@H]1OC(O)[C@H](OC(C)=O)[C@@H](OC(C)=O)[C@H]1OC(C)=O. The summed E-state index contributed by atoms with van der Waals surface area (Å²) in [5.74, 6) is -3.16. The number of thiocarbonyl (C=S) groups is 1. The topological polar surface area (TPSA) is 135 Å². The molecule has 1 aliphatic heterocycles. The van der Waals surface area contributed by atoms with Crippen molar-refractivity contribution in [2.45, 2.75) is 58.4 Å². The van der Waals surface area contributed by atoms with E-state index in [1.807, 2.05) is 0 Å². The van der Waals surface area contributed by atoms with Crippen LogP contribution in [0.3, 0.4) is 0 Å². The number of hydrogen-bond donors (Lipinski definition) is 1. The van der Waals surface area contributed by atoms with Gasteiger partial charge in [0.25, 0.3) is 0 Å². The Labute approximate surface area is 148 Å². The maximum absolute atomic E-state index is 11.4. The Balaban J connectivity index is 3.24. The number of rotatable bonds is 4. The number of esters is 4. The van der Waals surface area contributed by atoms with E-state index >= 15 is 0 Å². The second kappa shape index (κ2) is 8.83. The van der Waals surface area contributed by atoms with Crippen molar-refractivity contribution in [3.63, 3.8) is 0 Å². The number of aliphatic hydroxyl groups excluding tert-OH is 1. The van der Waals surface area contributed by atoms with Crippen molar-refractivity contribution in [3.05, 3.63) is 0 Å². The summed E-state index contributed by atoms with van der Waals surface area (Å²) in [5, 5.41) is 9.63. The summed E-state index contributed by atoms with van der Waals surface area (Å²) in [7, 11) is 0. The number of carbonyl (C=O) groups excluding carboxylic acids is 4. The van der Waals surface area contributed by atoms with Gasteiger partial charge in [0.15, 0.2) is 30.7 Å². The first-order valence-corrected chi connectivity index (χ1v) is 7.51. The summed E-state index contributed by atoms with van der Waals surface area (Å²) < 4.78 is 24.9. The summed E-state index contributed by atoms with van der Waals surface area (Å²) >= 11 is 4.91. The molecule has 0 saturated carbocycles. The molecule has 1 rings (SSSR count). The van der Waals surface area contributed by atoms with E-state index in [0.29, 0.717) is 0 Å². The molecule has 1 heterocycles. The molecular formula is C14H18O10S. The molecule has 0 amide bonds. The minimum absolute atomic E-state index is 0.448. The van der Waals surface area contributed by atoms with Crippen LogP contribution >= 0.6 is 12.2 Å². The van der Waals surface area contributed by atoms with Crippen LogP contribution in [0.15, 0.2) is 0 Å². The van der Waals surface area contributed by atoms with E-state index in [-0.39, 0.29) is 0 Å². The minimum Gasteiger partial charge on any atom is -0.455 e. The third kappa shape index (κ3) is 6.03. The third-order valence-electron chi connectivity index (χ3n) is 2.90. The van der Waals surface area contributed by atoms with Crippen LogP contribution in [-0.4, -0.2) is 64.7 Å². The summed E-state index contributed by atoms with van der Waals surface area (Å²) in [4.78, 5) is 45.1. The zero-order chi connectivity index (χ0) is 19.3. The first-order chi connectivity index (χ1) is 11.5. The molecular weight excluding hydrogens is 360 g/mol. The van der Waals surface area contributed by atoms with Crippen molar-refractivity contribution in [3.8, 4) is 0 Å². The smallest absolute Gasteiger partial charge is 0.308 e. The Bertz CT molecular complexity index is 574. The molecule has 25 heavy (non-hydrogen) atoms. The van der Waals surface area contributed by atoms with Crippen molar-refractivity contribution >= 4 is 41.1 Å². The first-order valence-electron chi connectivity index (χ1n) is 7.10. The molecule has 1 N–H and O–H groups in total. The van der Waals surface area contributed by atoms with Gasteiger partial charge in [-0.2, -0.15) is 0 Å². The van der Waals surface area contributed by atoms with Gasteiger partial charge in [0.05, 0.1) is 0 Å². The van der Waals surface area contributed by atoms with E-state index in [2.05, 4.69) is 0 Å². The maximum atomic E-state index is 11.4. The Kier molecular flexibility index (Phi) is 7.39. The van der Waals surface area contributed by atoms with Crippen LogP contribution in [0.2, 0.25) is 0 Å². The predicted octanol–water partition coefficient (Wildman–Crippen LogP) is -0.611. The van der Waals surface area contributed by atoms with Gasteiger partial charge in [-0.25, -0.2) is 0 Å². The molecule has 0 aliphatic carbocycles. The molecule has 1 saturated heterocycles. The Morgan fingerprint density at radius 3 is 1.68 bits per heavy atom. The van der Waals surface area contributed by atoms with Crippen LogP contribution in [0, 0.1) is 0 Å². The molecule has 0 spiro atoms. The molecule has 1 unspecified atom stereocenters. The van der Waals surface area contributed by atoms with Gasteiger partial charge in [-0.1, -0.05) is 0 Å². The number of aliphatic hydroxyl groups is 1. The fourth-order valence-electron chi connectivity index (χ4n) is 2.18. The molecule has 0 bridgehead atoms. The van der Waals surface area contributed by atoms with E-state index in [0.717, 1.165) is 27.7 Å². The molecule has 1 fully saturated rings. The summed E-state index contributed by atoms with van der Waals surface area (Å²) in [5.41, 5.74) is 0. The Morgan fingerprint density at radius 2 is 1.24 bits per heavy atom. The van der Waals surface area contributed by atoms with E-state index < -0.39 is 59.6 Å². The van der Waals surface area contributed by atoms with Gasteiger partial charge in [0, 0.05) is 27.7 Å². The van der Waals surface area contributed by atoms with E-state index in [1.54, 1.807) is 0 Å². The first kappa shape index (κ1) is 20.9. The monoisotopic (exact) mass is 378 g/mol. The van der Waals surface area contributed by atoms with Crippen molar-refractivity contribution in [1.82, 2.24) is 0 Å². The Morgan fingerprint density at radius 1 is 0.800 bits per heavy atom. The van der Waals surface area contributed by atoms with Gasteiger partial charge in [0.1, 0.15) is 0 Å². The highest BCUT2D eigenvalue weighted by Crippen LogP contribution is 2.29. The van der Waals surface area contributed by atoms with E-state index in [4.69, 9.17) is 35.9 Å². The standard InChI is InChI=1S/C14H18O10S/c1-5(15)20-9-10(21-6(2)16)12(14(25)23-8(4)18)24-13(19)11(9)22-7(3)17/h9-13,19H,1-4H3/t9-,10+,11+,12-,13?/m0/s1. The molecule has 5 atom stereocenters. The normalized spacial score (nSPS) is 28.4. The Hall–Kier alpha value is -2.11. The van der Waals surface area contributed by atoms with Crippen LogP contribution in [0.25, 0.3) is 0 Å². The van der Waals surface area contributed by atoms with Crippen molar-refractivity contribution in [2.75, 3.05) is 0 Å². The van der Waals surface area contributed by atoms with Gasteiger partial charge in [-0.05, 0) is 12.2 Å². The van der Waals surface area contributed by atoms with Crippen LogP contribution in [0.4, 0.5) is 0 Å². The number of hydrogen-bond acceptors (Lipinski definition) is 11. The van der Waals surface area contributed by atoms with Crippen molar-refractivity contribution < 1.29 is 48.0 Å². The lowest BCUT2D eigenvalue weighted by atomic mass is 9.98. The zero-order valence-corrected chi connectivity index (χ0v) is 14.7. The van der Waals surface area contributed by atoms with Crippen LogP contribution in [0.5, 0.6) is 0 Å². The summed E-state index contributed by atoms with van der Waals surface area (Å²) in [6, 6.07) is 0. The van der Waals surface area contributed by atoms with Crippen LogP contribution in [0.1, 0.15) is 27.7 Å². The second-order valence-corrected chi connectivity index (χ2v) is 5.48. The largest absolute Gasteiger partial charge is 0.455 e. The molecule has 11 heteroatoms. The number of ether oxygens (including phenoxy) is 5. The highest BCUT2D eigenvalue weighted by atomic mass is 32.1. The lowest BCUT2D eigenvalue weighted by Crippen LogP contribution is -2.63. The maximum Gasteiger partial charge on any atom is 0.308 e. The molecule has 1 aliphatic rings. The highest BCUT2D eigenvalue weighted by Gasteiger charge is 2.53.